The van der Waals surface area contributed by atoms with Crippen molar-refractivity contribution in [1.82, 2.24) is 0 Å². The van der Waals surface area contributed by atoms with E-state index in [1.165, 1.54) is 7.11 Å². The number of ether oxygens (including phenoxy) is 1. The predicted molar refractivity (Wildman–Crippen MR) is 69.1 cm³/mol. The number of carbonyl (C=O) groups excluding carboxylic acids is 2. The third-order valence-electron chi connectivity index (χ3n) is 2.30. The van der Waals surface area contributed by atoms with Crippen LogP contribution in [0.3, 0.4) is 0 Å². The minimum atomic E-state index is -0.541. The number of amides is 1. The van der Waals surface area contributed by atoms with Gasteiger partial charge in [0, 0.05) is 4.47 Å². The first-order valence-electron chi connectivity index (χ1n) is 5.05. The van der Waals surface area contributed by atoms with Crippen LogP contribution in [0.25, 0.3) is 0 Å². The van der Waals surface area contributed by atoms with Gasteiger partial charge in [-0.15, -0.1) is 0 Å². The highest BCUT2D eigenvalue weighted by Crippen LogP contribution is 2.27. The Bertz CT molecular complexity index is 535. The highest BCUT2D eigenvalue weighted by atomic mass is 79.9. The van der Waals surface area contributed by atoms with Crippen molar-refractivity contribution in [3.63, 3.8) is 0 Å². The van der Waals surface area contributed by atoms with Crippen molar-refractivity contribution < 1.29 is 14.3 Å². The van der Waals surface area contributed by atoms with Crippen molar-refractivity contribution in [2.45, 2.75) is 13.3 Å². The minimum absolute atomic E-state index is 0.268. The first-order chi connectivity index (χ1) is 8.51. The predicted octanol–water partition coefficient (Wildman–Crippen LogP) is 2.40. The number of nitrogens with one attached hydrogen (secondary N) is 1. The van der Waals surface area contributed by atoms with Gasteiger partial charge in [0.15, 0.2) is 0 Å². The van der Waals surface area contributed by atoms with E-state index in [4.69, 9.17) is 5.26 Å². The molecule has 0 saturated heterocycles. The van der Waals surface area contributed by atoms with Crippen LogP contribution in [0.15, 0.2) is 16.6 Å². The topological polar surface area (TPSA) is 79.2 Å². The van der Waals surface area contributed by atoms with E-state index in [9.17, 15) is 9.59 Å². The van der Waals surface area contributed by atoms with E-state index in [0.717, 1.165) is 4.47 Å². The normalized spacial score (nSPS) is 9.44. The number of esters is 1. The fraction of sp³-hybridized carbons (Fsp3) is 0.250. The fourth-order valence-electron chi connectivity index (χ4n) is 1.42. The van der Waals surface area contributed by atoms with Gasteiger partial charge in [0.05, 0.1) is 24.4 Å². The number of halogens is 1. The molecule has 1 aromatic carbocycles. The second-order valence-electron chi connectivity index (χ2n) is 3.47. The molecule has 1 rings (SSSR count). The Balaban J connectivity index is 3.20. The van der Waals surface area contributed by atoms with Crippen LogP contribution >= 0.6 is 15.9 Å². The van der Waals surface area contributed by atoms with Gasteiger partial charge in [-0.2, -0.15) is 5.26 Å². The maximum absolute atomic E-state index is 11.7. The summed E-state index contributed by atoms with van der Waals surface area (Å²) in [6.45, 7) is 1.73. The van der Waals surface area contributed by atoms with Gasteiger partial charge in [-0.3, -0.25) is 4.79 Å². The average Bonchev–Trinajstić information content (AvgIpc) is 2.33. The summed E-state index contributed by atoms with van der Waals surface area (Å²) in [5.74, 6) is -1.01. The molecular weight excluding hydrogens is 300 g/mol. The summed E-state index contributed by atoms with van der Waals surface area (Å²) in [6.07, 6.45) is -0.268. The molecule has 94 valence electrons. The minimum Gasteiger partial charge on any atom is -0.465 e. The number of hydrogen-bond donors (Lipinski definition) is 1. The Hall–Kier alpha value is -1.87. The lowest BCUT2D eigenvalue weighted by molar-refractivity contribution is -0.115. The van der Waals surface area contributed by atoms with Crippen LogP contribution in [0.2, 0.25) is 0 Å². The smallest absolute Gasteiger partial charge is 0.340 e. The molecule has 0 aliphatic carbocycles. The molecule has 5 nitrogen and oxygen atoms in total. The molecule has 0 bridgehead atoms. The van der Waals surface area contributed by atoms with Crippen LogP contribution in [-0.2, 0) is 9.53 Å². The summed E-state index contributed by atoms with van der Waals surface area (Å²) in [5.41, 5.74) is 1.28. The van der Waals surface area contributed by atoms with E-state index >= 15 is 0 Å². The van der Waals surface area contributed by atoms with Gasteiger partial charge >= 0.3 is 5.97 Å². The molecule has 0 aliphatic rings. The molecule has 0 aromatic heterocycles. The molecular formula is C12H11BrN2O3. The average molecular weight is 311 g/mol. The van der Waals surface area contributed by atoms with E-state index < -0.39 is 11.9 Å². The number of nitriles is 1. The highest BCUT2D eigenvalue weighted by molar-refractivity contribution is 9.10. The van der Waals surface area contributed by atoms with Crippen molar-refractivity contribution in [2.24, 2.45) is 0 Å². The standard InChI is InChI=1S/C12H11BrN2O3/c1-7-8(13)3-4-9(11(7)12(17)18-2)15-10(16)5-6-14/h3-4H,5H2,1-2H3,(H,15,16). The highest BCUT2D eigenvalue weighted by Gasteiger charge is 2.18. The number of methoxy groups -OCH3 is 1. The quantitative estimate of drug-likeness (QED) is 0.869. The number of rotatable bonds is 3. The van der Waals surface area contributed by atoms with Gasteiger partial charge in [-0.05, 0) is 24.6 Å². The zero-order chi connectivity index (χ0) is 13.7. The Morgan fingerprint density at radius 2 is 2.17 bits per heavy atom. The van der Waals surface area contributed by atoms with Crippen molar-refractivity contribution >= 4 is 33.5 Å². The molecule has 1 aromatic rings. The van der Waals surface area contributed by atoms with E-state index in [1.807, 2.05) is 0 Å². The van der Waals surface area contributed by atoms with Crippen molar-refractivity contribution in [3.05, 3.63) is 27.7 Å². The van der Waals surface area contributed by atoms with E-state index in [1.54, 1.807) is 25.1 Å². The van der Waals surface area contributed by atoms with Crippen molar-refractivity contribution in [1.29, 1.82) is 5.26 Å². The molecule has 0 spiro atoms. The molecule has 0 atom stereocenters. The molecule has 6 heteroatoms. The van der Waals surface area contributed by atoms with Crippen LogP contribution in [0.4, 0.5) is 5.69 Å². The van der Waals surface area contributed by atoms with Crippen molar-refractivity contribution in [3.8, 4) is 6.07 Å². The summed E-state index contributed by atoms with van der Waals surface area (Å²) < 4.78 is 5.42. The van der Waals surface area contributed by atoms with Gasteiger partial charge in [-0.1, -0.05) is 15.9 Å². The molecule has 0 radical (unpaired) electrons. The van der Waals surface area contributed by atoms with Crippen LogP contribution in [0, 0.1) is 18.3 Å². The summed E-state index contributed by atoms with van der Waals surface area (Å²) in [6, 6.07) is 5.03. The summed E-state index contributed by atoms with van der Waals surface area (Å²) >= 11 is 3.30. The molecule has 1 N–H and O–H groups in total. The molecule has 0 fully saturated rings. The Morgan fingerprint density at radius 1 is 1.50 bits per heavy atom. The first-order valence-corrected chi connectivity index (χ1v) is 5.84. The van der Waals surface area contributed by atoms with Crippen LogP contribution in [-0.4, -0.2) is 19.0 Å². The third kappa shape index (κ3) is 3.08. The number of anilines is 1. The largest absolute Gasteiger partial charge is 0.465 e. The number of carbonyl (C=O) groups is 2. The SMILES string of the molecule is COC(=O)c1c(NC(=O)CC#N)ccc(Br)c1C. The molecule has 18 heavy (non-hydrogen) atoms. The van der Waals surface area contributed by atoms with Crippen LogP contribution in [0.5, 0.6) is 0 Å². The van der Waals surface area contributed by atoms with Gasteiger partial charge in [-0.25, -0.2) is 4.79 Å². The van der Waals surface area contributed by atoms with Crippen LogP contribution in [0.1, 0.15) is 22.3 Å². The lowest BCUT2D eigenvalue weighted by Crippen LogP contribution is -2.15. The van der Waals surface area contributed by atoms with Gasteiger partial charge in [0.1, 0.15) is 6.42 Å². The second-order valence-corrected chi connectivity index (χ2v) is 4.32. The maximum atomic E-state index is 11.7. The van der Waals surface area contributed by atoms with Gasteiger partial charge < -0.3 is 10.1 Å². The molecule has 0 aliphatic heterocycles. The number of benzene rings is 1. The second kappa shape index (κ2) is 6.17. The lowest BCUT2D eigenvalue weighted by Gasteiger charge is -2.12. The Labute approximate surface area is 113 Å². The maximum Gasteiger partial charge on any atom is 0.340 e. The summed E-state index contributed by atoms with van der Waals surface area (Å²) in [5, 5.41) is 10.9. The Morgan fingerprint density at radius 3 is 2.72 bits per heavy atom. The third-order valence-corrected chi connectivity index (χ3v) is 3.16. The summed E-state index contributed by atoms with van der Waals surface area (Å²) in [4.78, 5) is 23.1. The van der Waals surface area contributed by atoms with Crippen LogP contribution < -0.4 is 5.32 Å². The molecule has 0 unspecified atom stereocenters. The van der Waals surface area contributed by atoms with E-state index in [0.29, 0.717) is 11.3 Å². The molecule has 0 heterocycles. The Kier molecular flexibility index (Phi) is 4.86. The van der Waals surface area contributed by atoms with E-state index in [-0.39, 0.29) is 12.0 Å². The molecule has 0 saturated carbocycles. The number of nitrogens with zero attached hydrogens (tertiary/aromatic N) is 1. The fourth-order valence-corrected chi connectivity index (χ4v) is 1.75. The summed E-state index contributed by atoms with van der Waals surface area (Å²) in [7, 11) is 1.27. The number of hydrogen-bond acceptors (Lipinski definition) is 4. The van der Waals surface area contributed by atoms with Gasteiger partial charge in [0.25, 0.3) is 0 Å². The molecule has 1 amide bonds. The van der Waals surface area contributed by atoms with E-state index in [2.05, 4.69) is 26.0 Å². The van der Waals surface area contributed by atoms with Crippen molar-refractivity contribution in [2.75, 3.05) is 12.4 Å². The van der Waals surface area contributed by atoms with Gasteiger partial charge in [0.2, 0.25) is 5.91 Å². The lowest BCUT2D eigenvalue weighted by atomic mass is 10.1. The zero-order valence-electron chi connectivity index (χ0n) is 9.91. The first kappa shape index (κ1) is 14.2. The monoisotopic (exact) mass is 310 g/mol. The zero-order valence-corrected chi connectivity index (χ0v) is 11.5.